The van der Waals surface area contributed by atoms with Gasteiger partial charge in [0.15, 0.2) is 0 Å². The number of hydrogen-bond acceptors (Lipinski definition) is 12. The highest BCUT2D eigenvalue weighted by Gasteiger charge is 2.45. The standard InChI is InChI=1S/C52H72F3N11O7/c1-32(2)64(3)37-17-19-43(66-24-20-41(51(66)72)62-48-38-27-35(52(53,54)55)14-18-40(38)59-31-60-48)42(28-37)63-49(70)33-12-15-36(16-13-33)61-45(68)11-5-10-44(67)57-22-7-25-73-26-8-23-58-50(71)39-29-46(69)65(4)47(39)34-9-6-21-56-30-34/h6,9,14,18,21,27,30-33,36-37,39,41-43,47H,5,7-8,10-13,15-17,19-20,22-26,28-29H2,1-4H3,(H,57,67)(H,58,71)(H,61,68)(H,63,70)(H,59,60,62)/t33-,36+,37-,39+,41+,42-,43+,47-/m1/s1. The zero-order valence-electron chi connectivity index (χ0n) is 42.4. The summed E-state index contributed by atoms with van der Waals surface area (Å²) in [7, 11) is 3.78. The number of amides is 6. The lowest BCUT2D eigenvalue weighted by molar-refractivity contribution is -0.137. The molecule has 4 fully saturated rings. The lowest BCUT2D eigenvalue weighted by Gasteiger charge is -2.45. The van der Waals surface area contributed by atoms with Crippen LogP contribution in [-0.4, -0.2) is 148 Å². The van der Waals surface area contributed by atoms with E-state index in [0.717, 1.165) is 24.1 Å². The second-order valence-corrected chi connectivity index (χ2v) is 20.4. The molecule has 0 bridgehead atoms. The number of likely N-dealkylation sites (tertiary alicyclic amines) is 2. The van der Waals surface area contributed by atoms with Crippen LogP contribution in [0.5, 0.6) is 0 Å². The van der Waals surface area contributed by atoms with Crippen molar-refractivity contribution < 1.29 is 46.7 Å². The first-order valence-electron chi connectivity index (χ1n) is 26.0. The predicted octanol–water partition coefficient (Wildman–Crippen LogP) is 4.90. The van der Waals surface area contributed by atoms with E-state index in [1.54, 1.807) is 30.4 Å². The quantitative estimate of drug-likeness (QED) is 0.0850. The molecule has 4 aliphatic rings. The van der Waals surface area contributed by atoms with Gasteiger partial charge in [-0.1, -0.05) is 6.07 Å². The highest BCUT2D eigenvalue weighted by Crippen LogP contribution is 2.38. The Kier molecular flexibility index (Phi) is 19.0. The van der Waals surface area contributed by atoms with E-state index in [4.69, 9.17) is 4.74 Å². The van der Waals surface area contributed by atoms with Crippen molar-refractivity contribution in [3.63, 3.8) is 0 Å². The molecule has 18 nitrogen and oxygen atoms in total. The summed E-state index contributed by atoms with van der Waals surface area (Å²) in [6.45, 7) is 6.40. The molecule has 2 saturated carbocycles. The van der Waals surface area contributed by atoms with Gasteiger partial charge in [-0.3, -0.25) is 33.8 Å². The van der Waals surface area contributed by atoms with Crippen LogP contribution in [0.15, 0.2) is 49.1 Å². The van der Waals surface area contributed by atoms with Crippen LogP contribution >= 0.6 is 0 Å². The van der Waals surface area contributed by atoms with E-state index < -0.39 is 23.7 Å². The van der Waals surface area contributed by atoms with Crippen molar-refractivity contribution in [2.45, 2.75) is 152 Å². The molecule has 5 N–H and O–H groups in total. The molecule has 4 heterocycles. The zero-order chi connectivity index (χ0) is 52.2. The summed E-state index contributed by atoms with van der Waals surface area (Å²) in [5, 5.41) is 15.5. The molecular weight excluding hydrogens is 948 g/mol. The van der Waals surface area contributed by atoms with Gasteiger partial charge in [0, 0.05) is 101 Å². The van der Waals surface area contributed by atoms with Crippen molar-refractivity contribution in [3.8, 4) is 0 Å². The summed E-state index contributed by atoms with van der Waals surface area (Å²) in [4.78, 5) is 96.9. The van der Waals surface area contributed by atoms with Crippen molar-refractivity contribution in [2.24, 2.45) is 11.8 Å². The minimum Gasteiger partial charge on any atom is -0.381 e. The Hall–Kier alpha value is -5.96. The number of fused-ring (bicyclic) bond motifs is 1. The van der Waals surface area contributed by atoms with E-state index in [-0.39, 0.29) is 108 Å². The third-order valence-corrected chi connectivity index (χ3v) is 15.2. The summed E-state index contributed by atoms with van der Waals surface area (Å²) < 4.78 is 46.5. The Balaban J connectivity index is 0.773. The van der Waals surface area contributed by atoms with Gasteiger partial charge in [-0.05, 0) is 121 Å². The third-order valence-electron chi connectivity index (χ3n) is 15.2. The lowest BCUT2D eigenvalue weighted by atomic mass is 9.82. The molecule has 2 aromatic heterocycles. The molecule has 73 heavy (non-hydrogen) atoms. The van der Waals surface area contributed by atoms with Gasteiger partial charge in [-0.25, -0.2) is 9.97 Å². The fourth-order valence-corrected chi connectivity index (χ4v) is 10.9. The van der Waals surface area contributed by atoms with Gasteiger partial charge in [-0.15, -0.1) is 0 Å². The number of ether oxygens (including phenoxy) is 1. The molecule has 7 rings (SSSR count). The number of rotatable bonds is 22. The van der Waals surface area contributed by atoms with Crippen LogP contribution in [-0.2, 0) is 39.7 Å². The van der Waals surface area contributed by atoms with Crippen molar-refractivity contribution in [1.29, 1.82) is 0 Å². The number of halogens is 3. The second-order valence-electron chi connectivity index (χ2n) is 20.4. The number of benzene rings is 1. The molecule has 6 atom stereocenters. The largest absolute Gasteiger partial charge is 0.416 e. The van der Waals surface area contributed by atoms with E-state index >= 15 is 0 Å². The molecule has 2 saturated heterocycles. The first kappa shape index (κ1) is 54.8. The van der Waals surface area contributed by atoms with Crippen LogP contribution < -0.4 is 26.6 Å². The Morgan fingerprint density at radius 2 is 1.62 bits per heavy atom. The SMILES string of the molecule is CC(C)N(C)[C@@H]1CC[C@H](N2CC[C@H](Nc3ncnc4ccc(C(F)(F)F)cc34)C2=O)[C@H](NC(=O)[C@H]2CC[C@@H](NC(=O)CCCC(=O)NCCCOCCCNC(=O)[C@H]3CC(=O)N(C)[C@@H]3c3cccnc3)CC2)C1. The van der Waals surface area contributed by atoms with Crippen molar-refractivity contribution in [3.05, 3.63) is 60.2 Å². The lowest BCUT2D eigenvalue weighted by Crippen LogP contribution is -2.59. The number of alkyl halides is 3. The number of nitrogens with one attached hydrogen (secondary N) is 5. The predicted molar refractivity (Wildman–Crippen MR) is 266 cm³/mol. The maximum atomic E-state index is 14.1. The molecule has 0 unspecified atom stereocenters. The van der Waals surface area contributed by atoms with E-state index in [9.17, 15) is 41.9 Å². The van der Waals surface area contributed by atoms with Gasteiger partial charge in [0.05, 0.1) is 35.1 Å². The van der Waals surface area contributed by atoms with E-state index in [1.807, 2.05) is 11.0 Å². The van der Waals surface area contributed by atoms with Crippen molar-refractivity contribution in [2.75, 3.05) is 52.3 Å². The summed E-state index contributed by atoms with van der Waals surface area (Å²) in [6.07, 6.45) is 7.31. The number of hydrogen-bond donors (Lipinski definition) is 5. The van der Waals surface area contributed by atoms with Crippen molar-refractivity contribution >= 4 is 52.2 Å². The molecule has 2 aliphatic heterocycles. The molecule has 6 amide bonds. The van der Waals surface area contributed by atoms with Crippen LogP contribution in [0, 0.1) is 11.8 Å². The Morgan fingerprint density at radius 1 is 0.877 bits per heavy atom. The number of anilines is 1. The van der Waals surface area contributed by atoms with Crippen LogP contribution in [0.1, 0.15) is 121 Å². The molecule has 21 heteroatoms. The minimum atomic E-state index is -4.55. The smallest absolute Gasteiger partial charge is 0.381 e. The molecule has 2 aliphatic carbocycles. The fourth-order valence-electron chi connectivity index (χ4n) is 10.9. The molecular formula is C52H72F3N11O7. The molecule has 1 aromatic carbocycles. The number of nitrogens with zero attached hydrogens (tertiary/aromatic N) is 6. The minimum absolute atomic E-state index is 0.0656. The highest BCUT2D eigenvalue weighted by molar-refractivity contribution is 5.94. The Morgan fingerprint density at radius 3 is 2.33 bits per heavy atom. The summed E-state index contributed by atoms with van der Waals surface area (Å²) >= 11 is 0. The van der Waals surface area contributed by atoms with Crippen LogP contribution in [0.25, 0.3) is 10.9 Å². The number of pyridine rings is 1. The van der Waals surface area contributed by atoms with Gasteiger partial charge in [0.2, 0.25) is 35.4 Å². The van der Waals surface area contributed by atoms with Gasteiger partial charge < -0.3 is 46.0 Å². The second kappa shape index (κ2) is 25.3. The molecule has 398 valence electrons. The van der Waals surface area contributed by atoms with Crippen molar-refractivity contribution in [1.82, 2.24) is 50.9 Å². The first-order valence-corrected chi connectivity index (χ1v) is 26.0. The van der Waals surface area contributed by atoms with Gasteiger partial charge >= 0.3 is 6.18 Å². The van der Waals surface area contributed by atoms with Crippen LogP contribution in [0.3, 0.4) is 0 Å². The highest BCUT2D eigenvalue weighted by atomic mass is 19.4. The Labute approximate surface area is 425 Å². The average molecular weight is 1020 g/mol. The summed E-state index contributed by atoms with van der Waals surface area (Å²) in [5.74, 6) is -1.35. The molecule has 3 aromatic rings. The van der Waals surface area contributed by atoms with E-state index in [2.05, 4.69) is 67.3 Å². The van der Waals surface area contributed by atoms with E-state index in [1.165, 1.54) is 12.4 Å². The average Bonchev–Trinajstić information content (AvgIpc) is 3.88. The molecule has 0 spiro atoms. The number of carbonyl (C=O) groups excluding carboxylic acids is 6. The first-order chi connectivity index (χ1) is 35.0. The topological polar surface area (TPSA) is 220 Å². The fraction of sp³-hybridized carbons (Fsp3) is 0.635. The maximum absolute atomic E-state index is 14.1. The maximum Gasteiger partial charge on any atom is 0.416 e. The normalized spacial score (nSPS) is 24.6. The number of carbonyl (C=O) groups is 6. The zero-order valence-corrected chi connectivity index (χ0v) is 42.4. The summed E-state index contributed by atoms with van der Waals surface area (Å²) in [5.41, 5.74) is 0.323. The monoisotopic (exact) mass is 1020 g/mol. The van der Waals surface area contributed by atoms with E-state index in [0.29, 0.717) is 103 Å². The third kappa shape index (κ3) is 14.4. The van der Waals surface area contributed by atoms with Gasteiger partial charge in [0.1, 0.15) is 18.2 Å². The number of aromatic nitrogens is 3. The van der Waals surface area contributed by atoms with Gasteiger partial charge in [0.25, 0.3) is 0 Å². The summed E-state index contributed by atoms with van der Waals surface area (Å²) in [6, 6.07) is 5.70. The Bertz CT molecular complexity index is 2390. The van der Waals surface area contributed by atoms with Crippen LogP contribution in [0.2, 0.25) is 0 Å². The van der Waals surface area contributed by atoms with Gasteiger partial charge in [-0.2, -0.15) is 13.2 Å². The van der Waals surface area contributed by atoms with Crippen LogP contribution in [0.4, 0.5) is 19.0 Å². The molecule has 0 radical (unpaired) electrons.